The molecule has 0 bridgehead atoms. The van der Waals surface area contributed by atoms with Gasteiger partial charge in [0.05, 0.1) is 5.69 Å². The summed E-state index contributed by atoms with van der Waals surface area (Å²) in [5.74, 6) is 0.806. The van der Waals surface area contributed by atoms with E-state index in [0.717, 1.165) is 24.1 Å². The predicted octanol–water partition coefficient (Wildman–Crippen LogP) is 1.79. The van der Waals surface area contributed by atoms with Gasteiger partial charge in [-0.2, -0.15) is 0 Å². The van der Waals surface area contributed by atoms with Gasteiger partial charge in [0.25, 0.3) is 0 Å². The summed E-state index contributed by atoms with van der Waals surface area (Å²) in [7, 11) is 0. The zero-order valence-corrected chi connectivity index (χ0v) is 12.6. The van der Waals surface area contributed by atoms with E-state index in [1.54, 1.807) is 6.20 Å². The van der Waals surface area contributed by atoms with E-state index >= 15 is 0 Å². The lowest BCUT2D eigenvalue weighted by Gasteiger charge is -2.43. The van der Waals surface area contributed by atoms with Crippen LogP contribution in [0.1, 0.15) is 31.9 Å². The molecule has 0 radical (unpaired) electrons. The normalized spacial score (nSPS) is 27.3. The van der Waals surface area contributed by atoms with Gasteiger partial charge < -0.3 is 0 Å². The van der Waals surface area contributed by atoms with Gasteiger partial charge in [0.15, 0.2) is 0 Å². The molecule has 2 aliphatic heterocycles. The van der Waals surface area contributed by atoms with Crippen LogP contribution in [0.2, 0.25) is 0 Å². The Morgan fingerprint density at radius 1 is 1.33 bits per heavy atom. The first-order valence-corrected chi connectivity index (χ1v) is 8.10. The quantitative estimate of drug-likeness (QED) is 0.861. The van der Waals surface area contributed by atoms with E-state index in [2.05, 4.69) is 32.9 Å². The van der Waals surface area contributed by atoms with Crippen LogP contribution in [0.15, 0.2) is 24.7 Å². The summed E-state index contributed by atoms with van der Waals surface area (Å²) >= 11 is 0. The van der Waals surface area contributed by atoms with E-state index in [0.29, 0.717) is 6.04 Å². The maximum atomic E-state index is 4.66. The lowest BCUT2D eigenvalue weighted by atomic mass is 10.0. The molecule has 112 valence electrons. The molecule has 4 rings (SSSR count). The third kappa shape index (κ3) is 2.45. The van der Waals surface area contributed by atoms with Crippen molar-refractivity contribution in [2.45, 2.75) is 44.8 Å². The van der Waals surface area contributed by atoms with E-state index < -0.39 is 0 Å². The highest BCUT2D eigenvalue weighted by molar-refractivity contribution is 5.29. The van der Waals surface area contributed by atoms with Crippen LogP contribution in [-0.2, 0) is 6.54 Å². The smallest absolute Gasteiger partial charge is 0.233 e. The second kappa shape index (κ2) is 5.39. The molecule has 0 unspecified atom stereocenters. The second-order valence-electron chi connectivity index (χ2n) is 6.34. The van der Waals surface area contributed by atoms with E-state index in [9.17, 15) is 0 Å². The first kappa shape index (κ1) is 13.2. The Bertz CT molecular complexity index is 589. The van der Waals surface area contributed by atoms with E-state index in [4.69, 9.17) is 0 Å². The third-order valence-electron chi connectivity index (χ3n) is 5.03. The van der Waals surface area contributed by atoms with Gasteiger partial charge in [-0.05, 0) is 31.9 Å². The van der Waals surface area contributed by atoms with Crippen LogP contribution in [0.3, 0.4) is 0 Å². The van der Waals surface area contributed by atoms with E-state index in [1.165, 1.54) is 38.9 Å². The number of hydrogen-bond acceptors (Lipinski definition) is 4. The monoisotopic (exact) mass is 285 g/mol. The standard InChI is InChI=1S/C16H23N5/c1-2-14-11-19-7-3-5-15(19)12-21(14)10-13-9-20-8-4-6-17-16(20)18-13/h4,6,8-9,14-15H,2-3,5,7,10-12H2,1H3/t14-,15+/m0/s1. The van der Waals surface area contributed by atoms with Crippen molar-refractivity contribution in [1.29, 1.82) is 0 Å². The minimum atomic E-state index is 0.664. The Morgan fingerprint density at radius 2 is 2.29 bits per heavy atom. The Balaban J connectivity index is 1.54. The largest absolute Gasteiger partial charge is 0.298 e. The molecule has 4 heterocycles. The van der Waals surface area contributed by atoms with Gasteiger partial charge in [0.1, 0.15) is 0 Å². The van der Waals surface area contributed by atoms with Crippen LogP contribution >= 0.6 is 0 Å². The van der Waals surface area contributed by atoms with Crippen LogP contribution in [0.25, 0.3) is 5.78 Å². The lowest BCUT2D eigenvalue weighted by molar-refractivity contribution is 0.0430. The van der Waals surface area contributed by atoms with Crippen molar-refractivity contribution < 1.29 is 0 Å². The molecule has 2 aliphatic rings. The molecule has 21 heavy (non-hydrogen) atoms. The summed E-state index contributed by atoms with van der Waals surface area (Å²) in [6.07, 6.45) is 9.89. The van der Waals surface area contributed by atoms with Crippen molar-refractivity contribution in [1.82, 2.24) is 24.2 Å². The second-order valence-corrected chi connectivity index (χ2v) is 6.34. The van der Waals surface area contributed by atoms with Crippen molar-refractivity contribution in [2.75, 3.05) is 19.6 Å². The Labute approximate surface area is 125 Å². The van der Waals surface area contributed by atoms with Crippen LogP contribution in [0.5, 0.6) is 0 Å². The zero-order valence-electron chi connectivity index (χ0n) is 12.6. The van der Waals surface area contributed by atoms with Gasteiger partial charge >= 0.3 is 0 Å². The molecule has 2 atom stereocenters. The molecular weight excluding hydrogens is 262 g/mol. The predicted molar refractivity (Wildman–Crippen MR) is 82.1 cm³/mol. The number of rotatable bonds is 3. The van der Waals surface area contributed by atoms with Crippen molar-refractivity contribution >= 4 is 5.78 Å². The van der Waals surface area contributed by atoms with Gasteiger partial charge in [-0.25, -0.2) is 9.97 Å². The molecule has 2 saturated heterocycles. The van der Waals surface area contributed by atoms with Gasteiger partial charge in [0.2, 0.25) is 5.78 Å². The van der Waals surface area contributed by atoms with Crippen LogP contribution in [-0.4, -0.2) is 55.9 Å². The number of hydrogen-bond donors (Lipinski definition) is 0. The van der Waals surface area contributed by atoms with Gasteiger partial charge in [-0.3, -0.25) is 14.2 Å². The van der Waals surface area contributed by atoms with Crippen LogP contribution in [0.4, 0.5) is 0 Å². The molecule has 2 fully saturated rings. The maximum absolute atomic E-state index is 4.66. The molecule has 5 heteroatoms. The Kier molecular flexibility index (Phi) is 3.39. The van der Waals surface area contributed by atoms with E-state index in [1.807, 2.05) is 16.7 Å². The number of piperazine rings is 1. The summed E-state index contributed by atoms with van der Waals surface area (Å²) in [5.41, 5.74) is 1.14. The first-order chi connectivity index (χ1) is 10.3. The van der Waals surface area contributed by atoms with Crippen LogP contribution in [0, 0.1) is 0 Å². The van der Waals surface area contributed by atoms with Crippen molar-refractivity contribution in [3.8, 4) is 0 Å². The molecule has 0 N–H and O–H groups in total. The fraction of sp³-hybridized carbons (Fsp3) is 0.625. The highest BCUT2D eigenvalue weighted by Crippen LogP contribution is 2.26. The molecule has 5 nitrogen and oxygen atoms in total. The summed E-state index contributed by atoms with van der Waals surface area (Å²) in [6.45, 7) is 6.98. The molecular formula is C16H23N5. The number of imidazole rings is 1. The topological polar surface area (TPSA) is 36.7 Å². The van der Waals surface area contributed by atoms with Gasteiger partial charge in [0, 0.05) is 50.3 Å². The van der Waals surface area contributed by atoms with Gasteiger partial charge in [-0.15, -0.1) is 0 Å². The summed E-state index contributed by atoms with van der Waals surface area (Å²) in [4.78, 5) is 14.3. The lowest BCUT2D eigenvalue weighted by Crippen LogP contribution is -2.55. The molecule has 0 aromatic carbocycles. The number of fused-ring (bicyclic) bond motifs is 2. The molecule has 0 amide bonds. The highest BCUT2D eigenvalue weighted by Gasteiger charge is 2.35. The zero-order chi connectivity index (χ0) is 14.2. The first-order valence-electron chi connectivity index (χ1n) is 8.10. The fourth-order valence-corrected chi connectivity index (χ4v) is 3.89. The Hall–Kier alpha value is -1.46. The minimum absolute atomic E-state index is 0.664. The van der Waals surface area contributed by atoms with E-state index in [-0.39, 0.29) is 0 Å². The fourth-order valence-electron chi connectivity index (χ4n) is 3.89. The molecule has 2 aromatic heterocycles. The molecule has 0 aliphatic carbocycles. The number of aromatic nitrogens is 3. The van der Waals surface area contributed by atoms with Crippen molar-refractivity contribution in [3.63, 3.8) is 0 Å². The third-order valence-corrected chi connectivity index (χ3v) is 5.03. The average molecular weight is 285 g/mol. The minimum Gasteiger partial charge on any atom is -0.298 e. The van der Waals surface area contributed by atoms with Crippen molar-refractivity contribution in [2.24, 2.45) is 0 Å². The summed E-state index contributed by atoms with van der Waals surface area (Å²) in [5, 5.41) is 0. The van der Waals surface area contributed by atoms with Gasteiger partial charge in [-0.1, -0.05) is 6.92 Å². The molecule has 2 aromatic rings. The molecule has 0 saturated carbocycles. The summed E-state index contributed by atoms with van der Waals surface area (Å²) in [6, 6.07) is 3.38. The molecule has 0 spiro atoms. The maximum Gasteiger partial charge on any atom is 0.233 e. The van der Waals surface area contributed by atoms with Crippen LogP contribution < -0.4 is 0 Å². The van der Waals surface area contributed by atoms with Crippen molar-refractivity contribution in [3.05, 3.63) is 30.4 Å². The number of nitrogens with zero attached hydrogens (tertiary/aromatic N) is 5. The summed E-state index contributed by atoms with van der Waals surface area (Å²) < 4.78 is 2.02. The highest BCUT2D eigenvalue weighted by atomic mass is 15.3. The average Bonchev–Trinajstić information content (AvgIpc) is 3.11. The SMILES string of the molecule is CC[C@H]1CN2CCC[C@@H]2CN1Cc1cn2cccnc2n1. The Morgan fingerprint density at radius 3 is 3.14 bits per heavy atom.